The maximum Gasteiger partial charge on any atom is 0.696 e. The Morgan fingerprint density at radius 3 is 1.55 bits per heavy atom. The molecule has 0 saturated carbocycles. The highest BCUT2D eigenvalue weighted by atomic mass is 31.1. The first-order valence-electron chi connectivity index (χ1n) is 7.89. The summed E-state index contributed by atoms with van der Waals surface area (Å²) in [5, 5.41) is 0. The SMILES string of the molecule is C=CCCCCCCCCCCCC.CO[P+](=O)OC. The van der Waals surface area contributed by atoms with E-state index in [9.17, 15) is 4.57 Å². The van der Waals surface area contributed by atoms with Crippen LogP contribution in [0.1, 0.15) is 77.6 Å². The first kappa shape index (κ1) is 22.0. The lowest BCUT2D eigenvalue weighted by atomic mass is 10.1. The Labute approximate surface area is 127 Å². The zero-order valence-corrected chi connectivity index (χ0v) is 14.6. The van der Waals surface area contributed by atoms with Gasteiger partial charge in [0.2, 0.25) is 0 Å². The van der Waals surface area contributed by atoms with Crippen LogP contribution in [-0.4, -0.2) is 14.2 Å². The maximum absolute atomic E-state index is 9.88. The zero-order valence-electron chi connectivity index (χ0n) is 13.7. The second kappa shape index (κ2) is 21.1. The second-order valence-corrected chi connectivity index (χ2v) is 6.03. The fraction of sp³-hybridized carbons (Fsp3) is 0.875. The molecule has 0 saturated heterocycles. The molecule has 0 radical (unpaired) electrons. The highest BCUT2D eigenvalue weighted by Gasteiger charge is 2.10. The Bertz CT molecular complexity index is 202. The molecule has 0 aromatic carbocycles. The van der Waals surface area contributed by atoms with E-state index >= 15 is 0 Å². The molecule has 0 aliphatic rings. The molecule has 20 heavy (non-hydrogen) atoms. The van der Waals surface area contributed by atoms with Crippen molar-refractivity contribution in [2.75, 3.05) is 14.2 Å². The highest BCUT2D eigenvalue weighted by molar-refractivity contribution is 7.33. The number of unbranched alkanes of at least 4 members (excludes halogenated alkanes) is 10. The van der Waals surface area contributed by atoms with Crippen molar-refractivity contribution in [1.82, 2.24) is 0 Å². The van der Waals surface area contributed by atoms with E-state index in [1.165, 1.54) is 84.8 Å². The summed E-state index contributed by atoms with van der Waals surface area (Å²) in [5.74, 6) is 0. The van der Waals surface area contributed by atoms with Crippen molar-refractivity contribution in [2.45, 2.75) is 77.6 Å². The van der Waals surface area contributed by atoms with Crippen molar-refractivity contribution in [2.24, 2.45) is 0 Å². The van der Waals surface area contributed by atoms with Gasteiger partial charge in [0.05, 0.1) is 14.2 Å². The molecule has 0 bridgehead atoms. The van der Waals surface area contributed by atoms with Crippen molar-refractivity contribution in [3.05, 3.63) is 12.7 Å². The molecule has 0 aliphatic heterocycles. The van der Waals surface area contributed by atoms with Gasteiger partial charge in [-0.15, -0.1) is 15.6 Å². The van der Waals surface area contributed by atoms with Crippen LogP contribution >= 0.6 is 8.25 Å². The van der Waals surface area contributed by atoms with Crippen LogP contribution in [0.5, 0.6) is 0 Å². The summed E-state index contributed by atoms with van der Waals surface area (Å²) in [4.78, 5) is 0. The van der Waals surface area contributed by atoms with Crippen molar-refractivity contribution in [3.8, 4) is 0 Å². The molecule has 0 unspecified atom stereocenters. The molecule has 0 heterocycles. The smallest absolute Gasteiger partial charge is 0.122 e. The number of allylic oxidation sites excluding steroid dienone is 1. The van der Waals surface area contributed by atoms with Gasteiger partial charge in [0.15, 0.2) is 0 Å². The summed E-state index contributed by atoms with van der Waals surface area (Å²) in [5.41, 5.74) is 0. The van der Waals surface area contributed by atoms with Gasteiger partial charge in [0.25, 0.3) is 0 Å². The molecule has 120 valence electrons. The fourth-order valence-electron chi connectivity index (χ4n) is 1.85. The largest absolute Gasteiger partial charge is 0.696 e. The van der Waals surface area contributed by atoms with E-state index < -0.39 is 8.25 Å². The molecule has 0 aromatic heterocycles. The Morgan fingerprint density at radius 2 is 1.25 bits per heavy atom. The summed E-state index contributed by atoms with van der Waals surface area (Å²) in [6.45, 7) is 6.01. The molecular formula is C16H34O3P+. The zero-order chi connectivity index (χ0) is 15.5. The van der Waals surface area contributed by atoms with Gasteiger partial charge in [0.1, 0.15) is 0 Å². The first-order chi connectivity index (χ1) is 9.72. The van der Waals surface area contributed by atoms with E-state index in [4.69, 9.17) is 0 Å². The van der Waals surface area contributed by atoms with Crippen LogP contribution in [0.25, 0.3) is 0 Å². The predicted molar refractivity (Wildman–Crippen MR) is 88.3 cm³/mol. The quantitative estimate of drug-likeness (QED) is 0.224. The lowest BCUT2D eigenvalue weighted by Gasteiger charge is -2.00. The Morgan fingerprint density at radius 1 is 0.850 bits per heavy atom. The second-order valence-electron chi connectivity index (χ2n) is 4.85. The van der Waals surface area contributed by atoms with Crippen molar-refractivity contribution in [1.29, 1.82) is 0 Å². The van der Waals surface area contributed by atoms with Crippen molar-refractivity contribution in [3.63, 3.8) is 0 Å². The lowest BCUT2D eigenvalue weighted by molar-refractivity contribution is 0.302. The van der Waals surface area contributed by atoms with Crippen LogP contribution in [0.15, 0.2) is 12.7 Å². The van der Waals surface area contributed by atoms with Crippen LogP contribution in [0.3, 0.4) is 0 Å². The monoisotopic (exact) mass is 305 g/mol. The Hall–Kier alpha value is -0.240. The van der Waals surface area contributed by atoms with Gasteiger partial charge < -0.3 is 0 Å². The van der Waals surface area contributed by atoms with Crippen molar-refractivity contribution < 1.29 is 13.6 Å². The molecular weight excluding hydrogens is 271 g/mol. The van der Waals surface area contributed by atoms with Gasteiger partial charge >= 0.3 is 8.25 Å². The third kappa shape index (κ3) is 22.9. The van der Waals surface area contributed by atoms with E-state index in [0.717, 1.165) is 0 Å². The first-order valence-corrected chi connectivity index (χ1v) is 8.98. The minimum Gasteiger partial charge on any atom is -0.122 e. The number of hydrogen-bond acceptors (Lipinski definition) is 3. The van der Waals surface area contributed by atoms with Gasteiger partial charge in [-0.25, -0.2) is 0 Å². The van der Waals surface area contributed by atoms with Crippen LogP contribution in [-0.2, 0) is 13.6 Å². The number of hydrogen-bond donors (Lipinski definition) is 0. The van der Waals surface area contributed by atoms with Crippen molar-refractivity contribution >= 4 is 8.25 Å². The molecule has 0 aliphatic carbocycles. The molecule has 0 spiro atoms. The van der Waals surface area contributed by atoms with E-state index in [2.05, 4.69) is 22.6 Å². The van der Waals surface area contributed by atoms with Crippen LogP contribution in [0.4, 0.5) is 0 Å². The van der Waals surface area contributed by atoms with Gasteiger partial charge in [-0.1, -0.05) is 70.8 Å². The molecule has 0 fully saturated rings. The topological polar surface area (TPSA) is 35.5 Å². The van der Waals surface area contributed by atoms with Gasteiger partial charge in [-0.05, 0) is 12.8 Å². The minimum absolute atomic E-state index is 1.20. The van der Waals surface area contributed by atoms with Crippen LogP contribution in [0, 0.1) is 0 Å². The summed E-state index contributed by atoms with van der Waals surface area (Å²) in [6, 6.07) is 0. The Kier molecular flexibility index (Phi) is 23.2. The van der Waals surface area contributed by atoms with Gasteiger partial charge in [-0.3, -0.25) is 0 Å². The molecule has 0 rings (SSSR count). The summed E-state index contributed by atoms with van der Waals surface area (Å²) in [6.07, 6.45) is 17.5. The lowest BCUT2D eigenvalue weighted by Crippen LogP contribution is -1.81. The normalized spacial score (nSPS) is 9.75. The van der Waals surface area contributed by atoms with E-state index in [1.54, 1.807) is 0 Å². The summed E-state index contributed by atoms with van der Waals surface area (Å²) < 4.78 is 18.3. The van der Waals surface area contributed by atoms with Crippen LogP contribution < -0.4 is 0 Å². The van der Waals surface area contributed by atoms with E-state index in [0.29, 0.717) is 0 Å². The van der Waals surface area contributed by atoms with E-state index in [1.807, 2.05) is 6.08 Å². The van der Waals surface area contributed by atoms with Gasteiger partial charge in [0, 0.05) is 4.57 Å². The fourth-order valence-corrected chi connectivity index (χ4v) is 2.00. The Balaban J connectivity index is 0. The predicted octanol–water partition coefficient (Wildman–Crippen LogP) is 6.42. The molecule has 0 atom stereocenters. The molecule has 0 N–H and O–H groups in total. The highest BCUT2D eigenvalue weighted by Crippen LogP contribution is 2.18. The number of rotatable bonds is 13. The summed E-state index contributed by atoms with van der Waals surface area (Å²) in [7, 11) is 0.817. The van der Waals surface area contributed by atoms with Crippen LogP contribution in [0.2, 0.25) is 0 Å². The molecule has 0 amide bonds. The molecule has 0 aromatic rings. The minimum atomic E-state index is -1.83. The maximum atomic E-state index is 9.88. The molecule has 3 nitrogen and oxygen atoms in total. The standard InChI is InChI=1S/C14H28.C2H6O3P/c1-3-5-7-9-11-13-14-12-10-8-6-4-2;1-4-6(3)5-2/h3H,1,4-14H2,2H3;1-2H3/q;+1. The third-order valence-corrected chi connectivity index (χ3v) is 3.66. The average molecular weight is 305 g/mol. The summed E-state index contributed by atoms with van der Waals surface area (Å²) >= 11 is 0. The average Bonchev–Trinajstić information content (AvgIpc) is 2.49. The van der Waals surface area contributed by atoms with E-state index in [-0.39, 0.29) is 0 Å². The molecule has 4 heteroatoms. The third-order valence-electron chi connectivity index (χ3n) is 3.06. The van der Waals surface area contributed by atoms with Gasteiger partial charge in [-0.2, -0.15) is 0 Å².